The van der Waals surface area contributed by atoms with Gasteiger partial charge in [-0.3, -0.25) is 4.79 Å². The van der Waals surface area contributed by atoms with E-state index in [0.29, 0.717) is 17.2 Å². The molecule has 134 valence electrons. The molecule has 0 aliphatic heterocycles. The molecule has 0 amide bonds. The van der Waals surface area contributed by atoms with Gasteiger partial charge in [-0.25, -0.2) is 0 Å². The summed E-state index contributed by atoms with van der Waals surface area (Å²) in [6.07, 6.45) is 5.89. The van der Waals surface area contributed by atoms with Crippen LogP contribution in [0.15, 0.2) is 45.5 Å². The number of nitrogens with one attached hydrogen (secondary N) is 1. The molecule has 3 aromatic rings. The van der Waals surface area contributed by atoms with Crippen LogP contribution in [0.4, 0.5) is 0 Å². The standard InChI is InChI=1S/C20H17Br2NO3/c21-16-6-11(8-19(24)25)7-17(22)20(16)26-13-4-5-18-14(9-13)15(10-23-18)12-2-1-3-12/h4-7,9-10,12,23H,1-3,8H2,(H,24,25). The summed E-state index contributed by atoms with van der Waals surface area (Å²) in [6, 6.07) is 9.61. The van der Waals surface area contributed by atoms with Gasteiger partial charge in [0.1, 0.15) is 5.75 Å². The molecule has 0 radical (unpaired) electrons. The number of carboxylic acid groups (broad SMARTS) is 1. The smallest absolute Gasteiger partial charge is 0.307 e. The summed E-state index contributed by atoms with van der Waals surface area (Å²) in [5, 5.41) is 10.2. The number of carboxylic acids is 1. The molecule has 2 N–H and O–H groups in total. The molecule has 1 aromatic heterocycles. The highest BCUT2D eigenvalue weighted by atomic mass is 79.9. The predicted molar refractivity (Wildman–Crippen MR) is 108 cm³/mol. The summed E-state index contributed by atoms with van der Waals surface area (Å²) < 4.78 is 7.55. The number of benzene rings is 2. The number of ether oxygens (including phenoxy) is 1. The molecule has 0 atom stereocenters. The lowest BCUT2D eigenvalue weighted by molar-refractivity contribution is -0.136. The van der Waals surface area contributed by atoms with E-state index in [1.165, 1.54) is 30.2 Å². The van der Waals surface area contributed by atoms with Crippen molar-refractivity contribution in [2.45, 2.75) is 31.6 Å². The zero-order chi connectivity index (χ0) is 18.3. The van der Waals surface area contributed by atoms with Gasteiger partial charge in [-0.05, 0) is 92.1 Å². The van der Waals surface area contributed by atoms with Gasteiger partial charge in [-0.2, -0.15) is 0 Å². The number of hydrogen-bond acceptors (Lipinski definition) is 2. The van der Waals surface area contributed by atoms with Crippen molar-refractivity contribution in [1.29, 1.82) is 0 Å². The molecule has 0 unspecified atom stereocenters. The van der Waals surface area contributed by atoms with Crippen molar-refractivity contribution in [3.63, 3.8) is 0 Å². The molecule has 1 fully saturated rings. The lowest BCUT2D eigenvalue weighted by Gasteiger charge is -2.25. The summed E-state index contributed by atoms with van der Waals surface area (Å²) >= 11 is 6.98. The van der Waals surface area contributed by atoms with Crippen molar-refractivity contribution in [1.82, 2.24) is 4.98 Å². The highest BCUT2D eigenvalue weighted by Crippen LogP contribution is 2.42. The van der Waals surface area contributed by atoms with Crippen LogP contribution in [0, 0.1) is 0 Å². The molecule has 0 bridgehead atoms. The van der Waals surface area contributed by atoms with Crippen molar-refractivity contribution >= 4 is 48.7 Å². The van der Waals surface area contributed by atoms with Gasteiger partial charge in [0.25, 0.3) is 0 Å². The first-order chi connectivity index (χ1) is 12.5. The molecule has 1 saturated carbocycles. The minimum absolute atomic E-state index is 0.0302. The molecule has 0 saturated heterocycles. The van der Waals surface area contributed by atoms with Crippen molar-refractivity contribution in [3.05, 3.63) is 56.6 Å². The molecule has 1 heterocycles. The average Bonchev–Trinajstić information content (AvgIpc) is 2.92. The van der Waals surface area contributed by atoms with E-state index in [1.807, 2.05) is 12.1 Å². The quantitative estimate of drug-likeness (QED) is 0.447. The number of hydrogen-bond donors (Lipinski definition) is 2. The predicted octanol–water partition coefficient (Wildman–Crippen LogP) is 6.38. The molecule has 2 aromatic carbocycles. The lowest BCUT2D eigenvalue weighted by Crippen LogP contribution is -2.07. The third-order valence-electron chi connectivity index (χ3n) is 4.86. The van der Waals surface area contributed by atoms with Gasteiger partial charge >= 0.3 is 5.97 Å². The Kier molecular flexibility index (Phi) is 4.80. The van der Waals surface area contributed by atoms with E-state index in [9.17, 15) is 4.79 Å². The second kappa shape index (κ2) is 7.08. The van der Waals surface area contributed by atoms with Crippen molar-refractivity contribution < 1.29 is 14.6 Å². The van der Waals surface area contributed by atoms with Crippen LogP contribution in [-0.2, 0) is 11.2 Å². The number of fused-ring (bicyclic) bond motifs is 1. The summed E-state index contributed by atoms with van der Waals surface area (Å²) in [5.41, 5.74) is 3.19. The maximum Gasteiger partial charge on any atom is 0.307 e. The van der Waals surface area contributed by atoms with Crippen LogP contribution in [0.3, 0.4) is 0 Å². The summed E-state index contributed by atoms with van der Waals surface area (Å²) in [6.45, 7) is 0. The lowest BCUT2D eigenvalue weighted by atomic mass is 9.80. The first kappa shape index (κ1) is 17.6. The van der Waals surface area contributed by atoms with Crippen LogP contribution in [0.25, 0.3) is 10.9 Å². The number of H-pyrrole nitrogens is 1. The average molecular weight is 479 g/mol. The van der Waals surface area contributed by atoms with E-state index in [4.69, 9.17) is 9.84 Å². The van der Waals surface area contributed by atoms with Crippen LogP contribution in [-0.4, -0.2) is 16.1 Å². The minimum atomic E-state index is -0.862. The Hall–Kier alpha value is -1.79. The second-order valence-corrected chi connectivity index (χ2v) is 8.35. The normalized spacial score (nSPS) is 14.4. The number of carbonyl (C=O) groups is 1. The number of rotatable bonds is 5. The van der Waals surface area contributed by atoms with Crippen LogP contribution in [0.5, 0.6) is 11.5 Å². The summed E-state index contributed by atoms with van der Waals surface area (Å²) in [4.78, 5) is 14.3. The Morgan fingerprint density at radius 2 is 1.92 bits per heavy atom. The van der Waals surface area contributed by atoms with E-state index < -0.39 is 5.97 Å². The zero-order valence-corrected chi connectivity index (χ0v) is 17.1. The first-order valence-electron chi connectivity index (χ1n) is 8.50. The molecule has 1 aliphatic rings. The van der Waals surface area contributed by atoms with Crippen molar-refractivity contribution in [3.8, 4) is 11.5 Å². The largest absolute Gasteiger partial charge is 0.481 e. The van der Waals surface area contributed by atoms with Gasteiger partial charge in [0.05, 0.1) is 15.4 Å². The number of aromatic amines is 1. The highest BCUT2D eigenvalue weighted by molar-refractivity contribution is 9.11. The van der Waals surface area contributed by atoms with E-state index in [-0.39, 0.29) is 6.42 Å². The maximum absolute atomic E-state index is 10.9. The van der Waals surface area contributed by atoms with Gasteiger partial charge in [0.2, 0.25) is 0 Å². The maximum atomic E-state index is 10.9. The molecular formula is C20H17Br2NO3. The van der Waals surface area contributed by atoms with Crippen LogP contribution < -0.4 is 4.74 Å². The van der Waals surface area contributed by atoms with E-state index >= 15 is 0 Å². The first-order valence-corrected chi connectivity index (χ1v) is 10.1. The van der Waals surface area contributed by atoms with E-state index in [2.05, 4.69) is 49.1 Å². The Bertz CT molecular complexity index is 969. The summed E-state index contributed by atoms with van der Waals surface area (Å²) in [5.74, 6) is 1.18. The Morgan fingerprint density at radius 1 is 1.19 bits per heavy atom. The van der Waals surface area contributed by atoms with Crippen LogP contribution >= 0.6 is 31.9 Å². The van der Waals surface area contributed by atoms with Crippen molar-refractivity contribution in [2.75, 3.05) is 0 Å². The number of halogens is 2. The SMILES string of the molecule is O=C(O)Cc1cc(Br)c(Oc2ccc3[nH]cc(C4CCC4)c3c2)c(Br)c1. The molecule has 4 rings (SSSR count). The van der Waals surface area contributed by atoms with Crippen molar-refractivity contribution in [2.24, 2.45) is 0 Å². The van der Waals surface area contributed by atoms with E-state index in [1.54, 1.807) is 12.1 Å². The molecule has 6 heteroatoms. The number of aliphatic carboxylic acids is 1. The topological polar surface area (TPSA) is 62.3 Å². The van der Waals surface area contributed by atoms with Gasteiger partial charge in [-0.1, -0.05) is 6.42 Å². The molecule has 1 aliphatic carbocycles. The molecule has 4 nitrogen and oxygen atoms in total. The van der Waals surface area contributed by atoms with Gasteiger partial charge in [-0.15, -0.1) is 0 Å². The monoisotopic (exact) mass is 477 g/mol. The van der Waals surface area contributed by atoms with Crippen LogP contribution in [0.2, 0.25) is 0 Å². The Balaban J connectivity index is 1.65. The Labute approximate surface area is 167 Å². The van der Waals surface area contributed by atoms with Gasteiger partial charge in [0.15, 0.2) is 5.75 Å². The molecule has 0 spiro atoms. The summed E-state index contributed by atoms with van der Waals surface area (Å²) in [7, 11) is 0. The third kappa shape index (κ3) is 3.40. The molecular weight excluding hydrogens is 462 g/mol. The zero-order valence-electron chi connectivity index (χ0n) is 13.9. The van der Waals surface area contributed by atoms with E-state index in [0.717, 1.165) is 20.2 Å². The highest BCUT2D eigenvalue weighted by Gasteiger charge is 2.22. The fraction of sp³-hybridized carbons (Fsp3) is 0.250. The van der Waals surface area contributed by atoms with Gasteiger partial charge in [0, 0.05) is 17.1 Å². The number of aromatic nitrogens is 1. The van der Waals surface area contributed by atoms with Gasteiger partial charge < -0.3 is 14.8 Å². The third-order valence-corrected chi connectivity index (χ3v) is 6.04. The fourth-order valence-corrected chi connectivity index (χ4v) is 4.79. The minimum Gasteiger partial charge on any atom is -0.481 e. The molecule has 26 heavy (non-hydrogen) atoms. The fourth-order valence-electron chi connectivity index (χ4n) is 3.35. The Morgan fingerprint density at radius 3 is 2.54 bits per heavy atom. The second-order valence-electron chi connectivity index (χ2n) is 6.64. The van der Waals surface area contributed by atoms with Crippen LogP contribution in [0.1, 0.15) is 36.3 Å².